The molecule has 0 radical (unpaired) electrons. The van der Waals surface area contributed by atoms with Crippen molar-refractivity contribution in [3.8, 4) is 0 Å². The van der Waals surface area contributed by atoms with Gasteiger partial charge < -0.3 is 51.9 Å². The minimum atomic E-state index is -0.675. The van der Waals surface area contributed by atoms with Crippen LogP contribution in [-0.2, 0) is 0 Å². The molecule has 0 aromatic heterocycles. The van der Waals surface area contributed by atoms with Crippen LogP contribution in [-0.4, -0.2) is 153 Å². The summed E-state index contributed by atoms with van der Waals surface area (Å²) in [6.45, 7) is 27.1. The SMILES string of the molecule is CCCCCCCCC=CCCCCCCCCN(CCCCN(CCCCCCCCC=CCCCCCCCC)CC(O)CNC(=O)NCC(O)CN(CCCCCCCCC=CCCCCCCCC)CCCCN(CCCCCCCCC=CCCCCCCCC)CC(C)CN)CC(C)CN. The molecule has 0 aliphatic carbocycles. The van der Waals surface area contributed by atoms with Crippen LogP contribution >= 0.6 is 0 Å². The third-order valence-corrected chi connectivity index (χ3v) is 22.2. The van der Waals surface area contributed by atoms with E-state index < -0.39 is 12.2 Å². The number of rotatable bonds is 88. The van der Waals surface area contributed by atoms with Crippen LogP contribution in [0.25, 0.3) is 0 Å². The number of hydrogen-bond acceptors (Lipinski definition) is 9. The van der Waals surface area contributed by atoms with E-state index in [4.69, 9.17) is 11.5 Å². The molecule has 0 bridgehead atoms. The van der Waals surface area contributed by atoms with Gasteiger partial charge >= 0.3 is 6.03 Å². The molecular formula is C95H190N8O3. The molecular weight excluding hydrogens is 1300 g/mol. The van der Waals surface area contributed by atoms with Gasteiger partial charge in [-0.05, 0) is 231 Å². The fourth-order valence-corrected chi connectivity index (χ4v) is 15.1. The van der Waals surface area contributed by atoms with Crippen LogP contribution in [0.1, 0.15) is 427 Å². The van der Waals surface area contributed by atoms with Gasteiger partial charge in [-0.15, -0.1) is 0 Å². The zero-order valence-electron chi connectivity index (χ0n) is 72.4. The third kappa shape index (κ3) is 80.0. The molecule has 0 aliphatic rings. The van der Waals surface area contributed by atoms with Crippen molar-refractivity contribution in [2.24, 2.45) is 23.3 Å². The number of amides is 2. The normalized spacial score (nSPS) is 13.5. The molecule has 0 heterocycles. The summed E-state index contributed by atoms with van der Waals surface area (Å²) in [6.07, 6.45) is 96.1. The van der Waals surface area contributed by atoms with Crippen LogP contribution in [0.3, 0.4) is 0 Å². The smallest absolute Gasteiger partial charge is 0.314 e. The van der Waals surface area contributed by atoms with Crippen LogP contribution in [0.15, 0.2) is 48.6 Å². The molecule has 4 unspecified atom stereocenters. The van der Waals surface area contributed by atoms with Gasteiger partial charge in [0.2, 0.25) is 0 Å². The monoisotopic (exact) mass is 1490 g/mol. The summed E-state index contributed by atoms with van der Waals surface area (Å²) in [5, 5.41) is 29.0. The number of unbranched alkanes of at least 4 members (excludes halogenated alkanes) is 50. The predicted octanol–water partition coefficient (Wildman–Crippen LogP) is 25.1. The van der Waals surface area contributed by atoms with E-state index in [0.29, 0.717) is 24.9 Å². The Morgan fingerprint density at radius 2 is 0.425 bits per heavy atom. The molecule has 628 valence electrons. The molecule has 0 aromatic carbocycles. The van der Waals surface area contributed by atoms with E-state index in [2.05, 4.69) is 120 Å². The van der Waals surface area contributed by atoms with E-state index in [0.717, 1.165) is 117 Å². The van der Waals surface area contributed by atoms with Crippen LogP contribution in [0.5, 0.6) is 0 Å². The first kappa shape index (κ1) is 104. The van der Waals surface area contributed by atoms with E-state index in [1.54, 1.807) is 0 Å². The number of nitrogens with zero attached hydrogens (tertiary/aromatic N) is 4. The van der Waals surface area contributed by atoms with E-state index in [9.17, 15) is 15.0 Å². The predicted molar refractivity (Wildman–Crippen MR) is 472 cm³/mol. The molecule has 0 saturated carbocycles. The summed E-state index contributed by atoms with van der Waals surface area (Å²) >= 11 is 0. The molecule has 106 heavy (non-hydrogen) atoms. The Kier molecular flexibility index (Phi) is 85.2. The first-order chi connectivity index (χ1) is 52.1. The fraction of sp³-hybridized carbons (Fsp3) is 0.905. The van der Waals surface area contributed by atoms with Crippen molar-refractivity contribution < 1.29 is 15.0 Å². The lowest BCUT2D eigenvalue weighted by atomic mass is 10.1. The van der Waals surface area contributed by atoms with E-state index in [1.165, 1.54) is 347 Å². The maximum absolute atomic E-state index is 13.4. The number of aliphatic hydroxyl groups is 2. The summed E-state index contributed by atoms with van der Waals surface area (Å²) in [5.74, 6) is 0.976. The number of urea groups is 1. The summed E-state index contributed by atoms with van der Waals surface area (Å²) in [6, 6.07) is -0.320. The van der Waals surface area contributed by atoms with Crippen molar-refractivity contribution in [1.29, 1.82) is 0 Å². The Bertz CT molecular complexity index is 1710. The first-order valence-electron chi connectivity index (χ1n) is 47.4. The second-order valence-electron chi connectivity index (χ2n) is 33.4. The standard InChI is InChI=1S/C95H190N8O3/c1-7-11-15-19-23-27-31-35-39-43-47-51-55-59-63-67-75-100(87-91(5)83-96)79-71-73-81-102(77-69-65-61-57-53-49-45-41-37-33-29-25-21-17-13-9-3)89-93(104)85-98-95(106)99-86-94(105)90-103(78-70-66-62-58-54-50-46-42-38-34-30-26-22-18-14-10-4)82-74-72-80-101(88-92(6)84-97)76-68-64-60-56-52-48-44-40-36-32-28-24-20-16-12-8-2/h35-42,91-94,104-105H,7-34,43-90,96-97H2,1-6H3,(H2,98,99,106). The quantitative estimate of drug-likeness (QED) is 0.0259. The van der Waals surface area contributed by atoms with Gasteiger partial charge in [0.15, 0.2) is 0 Å². The highest BCUT2D eigenvalue weighted by Gasteiger charge is 2.18. The van der Waals surface area contributed by atoms with Gasteiger partial charge in [-0.2, -0.15) is 0 Å². The molecule has 2 amide bonds. The molecule has 11 heteroatoms. The Balaban J connectivity index is 5.50. The highest BCUT2D eigenvalue weighted by molar-refractivity contribution is 5.73. The van der Waals surface area contributed by atoms with Gasteiger partial charge in [0.25, 0.3) is 0 Å². The Morgan fingerprint density at radius 1 is 0.264 bits per heavy atom. The van der Waals surface area contributed by atoms with Crippen molar-refractivity contribution >= 4 is 6.03 Å². The van der Waals surface area contributed by atoms with Gasteiger partial charge in [-0.1, -0.05) is 321 Å². The number of carbonyl (C=O) groups excluding carboxylic acids is 1. The molecule has 0 aromatic rings. The average molecular weight is 1490 g/mol. The third-order valence-electron chi connectivity index (χ3n) is 22.2. The van der Waals surface area contributed by atoms with Gasteiger partial charge in [-0.3, -0.25) is 0 Å². The van der Waals surface area contributed by atoms with Crippen molar-refractivity contribution in [3.63, 3.8) is 0 Å². The van der Waals surface area contributed by atoms with Crippen LogP contribution in [0.2, 0.25) is 0 Å². The minimum absolute atomic E-state index is 0.188. The maximum atomic E-state index is 13.4. The number of allylic oxidation sites excluding steroid dienone is 8. The number of nitrogens with two attached hydrogens (primary N) is 2. The van der Waals surface area contributed by atoms with E-state index in [1.807, 2.05) is 0 Å². The highest BCUT2D eigenvalue weighted by Crippen LogP contribution is 2.18. The second-order valence-corrected chi connectivity index (χ2v) is 33.4. The molecule has 11 nitrogen and oxygen atoms in total. The fourth-order valence-electron chi connectivity index (χ4n) is 15.1. The molecule has 4 atom stereocenters. The average Bonchev–Trinajstić information content (AvgIpc) is 1.07. The number of aliphatic hydroxyl groups excluding tert-OH is 2. The summed E-state index contributed by atoms with van der Waals surface area (Å²) in [7, 11) is 0. The summed E-state index contributed by atoms with van der Waals surface area (Å²) in [5.41, 5.74) is 12.4. The Labute approximate surface area is 663 Å². The van der Waals surface area contributed by atoms with E-state index >= 15 is 0 Å². The van der Waals surface area contributed by atoms with Crippen LogP contribution in [0, 0.1) is 11.8 Å². The number of carbonyl (C=O) groups is 1. The summed E-state index contributed by atoms with van der Waals surface area (Å²) < 4.78 is 0. The van der Waals surface area contributed by atoms with Gasteiger partial charge in [-0.25, -0.2) is 4.79 Å². The number of hydrogen-bond donors (Lipinski definition) is 6. The van der Waals surface area contributed by atoms with Crippen molar-refractivity contribution in [2.45, 2.75) is 439 Å². The molecule has 0 saturated heterocycles. The van der Waals surface area contributed by atoms with Gasteiger partial charge in [0, 0.05) is 39.3 Å². The van der Waals surface area contributed by atoms with Crippen molar-refractivity contribution in [2.75, 3.05) is 105 Å². The lowest BCUT2D eigenvalue weighted by Gasteiger charge is -2.28. The topological polar surface area (TPSA) is 147 Å². The molecule has 0 rings (SSSR count). The first-order valence-corrected chi connectivity index (χ1v) is 47.4. The van der Waals surface area contributed by atoms with Gasteiger partial charge in [0.05, 0.1) is 12.2 Å². The zero-order valence-corrected chi connectivity index (χ0v) is 72.4. The van der Waals surface area contributed by atoms with Crippen molar-refractivity contribution in [3.05, 3.63) is 48.6 Å². The van der Waals surface area contributed by atoms with Crippen LogP contribution < -0.4 is 22.1 Å². The molecule has 0 aliphatic heterocycles. The molecule has 0 fully saturated rings. The molecule has 8 N–H and O–H groups in total. The zero-order chi connectivity index (χ0) is 77.0. The minimum Gasteiger partial charge on any atom is -0.390 e. The highest BCUT2D eigenvalue weighted by atomic mass is 16.3. The maximum Gasteiger partial charge on any atom is 0.314 e. The van der Waals surface area contributed by atoms with Gasteiger partial charge in [0.1, 0.15) is 0 Å². The molecule has 0 spiro atoms. The second kappa shape index (κ2) is 86.9. The summed E-state index contributed by atoms with van der Waals surface area (Å²) in [4.78, 5) is 23.7. The Hall–Kier alpha value is -2.09. The lowest BCUT2D eigenvalue weighted by molar-refractivity contribution is 0.104. The van der Waals surface area contributed by atoms with Crippen molar-refractivity contribution in [1.82, 2.24) is 30.2 Å². The van der Waals surface area contributed by atoms with E-state index in [-0.39, 0.29) is 19.1 Å². The number of nitrogens with one attached hydrogen (secondary N) is 2. The largest absolute Gasteiger partial charge is 0.390 e. The van der Waals surface area contributed by atoms with Crippen LogP contribution in [0.4, 0.5) is 4.79 Å². The Morgan fingerprint density at radius 3 is 0.613 bits per heavy atom. The lowest BCUT2D eigenvalue weighted by Crippen LogP contribution is -2.47.